The number of aromatic nitrogens is 3. The molecule has 19 heavy (non-hydrogen) atoms. The highest BCUT2D eigenvalue weighted by Crippen LogP contribution is 2.16. The number of halogens is 1. The summed E-state index contributed by atoms with van der Waals surface area (Å²) in [5.74, 6) is -0.392. The van der Waals surface area contributed by atoms with Crippen molar-refractivity contribution in [2.45, 2.75) is 0 Å². The van der Waals surface area contributed by atoms with E-state index in [2.05, 4.69) is 31.2 Å². The highest BCUT2D eigenvalue weighted by Gasteiger charge is 2.20. The molecule has 0 saturated carbocycles. The molecule has 0 saturated heterocycles. The van der Waals surface area contributed by atoms with Gasteiger partial charge in [0.25, 0.3) is 5.91 Å². The number of hydrogen-bond acceptors (Lipinski definition) is 5. The summed E-state index contributed by atoms with van der Waals surface area (Å²) in [6.07, 6.45) is 2.81. The van der Waals surface area contributed by atoms with E-state index in [-0.39, 0.29) is 17.3 Å². The molecule has 0 fully saturated rings. The first-order valence-corrected chi connectivity index (χ1v) is 5.87. The average molecular weight is 326 g/mol. The van der Waals surface area contributed by atoms with Crippen LogP contribution < -0.4 is 5.32 Å². The van der Waals surface area contributed by atoms with Crippen LogP contribution in [0.1, 0.15) is 10.5 Å². The molecule has 2 heterocycles. The minimum atomic E-state index is -0.559. The molecule has 1 N–H and O–H groups in total. The summed E-state index contributed by atoms with van der Waals surface area (Å²) in [5.41, 5.74) is 0.163. The lowest BCUT2D eigenvalue weighted by Gasteiger charge is -2.03. The van der Waals surface area contributed by atoms with Gasteiger partial charge in [0.05, 0.1) is 19.4 Å². The van der Waals surface area contributed by atoms with E-state index in [4.69, 9.17) is 0 Å². The Morgan fingerprint density at radius 3 is 2.68 bits per heavy atom. The van der Waals surface area contributed by atoms with E-state index in [1.165, 1.54) is 36.1 Å². The second-order valence-electron chi connectivity index (χ2n) is 3.57. The molecule has 0 spiro atoms. The summed E-state index contributed by atoms with van der Waals surface area (Å²) in [5, 5.41) is 13.2. The summed E-state index contributed by atoms with van der Waals surface area (Å²) in [6, 6.07) is 2.64. The van der Waals surface area contributed by atoms with Crippen molar-refractivity contribution >= 4 is 33.5 Å². The molecule has 2 aromatic heterocycles. The number of nitrogens with one attached hydrogen (secondary N) is 1. The molecule has 0 atom stereocenters. The third-order valence-electron chi connectivity index (χ3n) is 2.38. The first kappa shape index (κ1) is 13.1. The van der Waals surface area contributed by atoms with Gasteiger partial charge < -0.3 is 15.4 Å². The van der Waals surface area contributed by atoms with Gasteiger partial charge in [-0.1, -0.05) is 0 Å². The monoisotopic (exact) mass is 325 g/mol. The van der Waals surface area contributed by atoms with Gasteiger partial charge in [0, 0.05) is 6.07 Å². The van der Waals surface area contributed by atoms with E-state index < -0.39 is 10.8 Å². The van der Waals surface area contributed by atoms with Gasteiger partial charge in [0.15, 0.2) is 11.5 Å². The topological polar surface area (TPSA) is 103 Å². The summed E-state index contributed by atoms with van der Waals surface area (Å²) in [4.78, 5) is 29.9. The van der Waals surface area contributed by atoms with Crippen LogP contribution in [0, 0.1) is 10.1 Å². The first-order chi connectivity index (χ1) is 8.99. The van der Waals surface area contributed by atoms with E-state index in [0.717, 1.165) is 0 Å². The van der Waals surface area contributed by atoms with E-state index in [1.54, 1.807) is 0 Å². The van der Waals surface area contributed by atoms with Gasteiger partial charge in [0.2, 0.25) is 0 Å². The van der Waals surface area contributed by atoms with Crippen molar-refractivity contribution in [3.8, 4) is 0 Å². The van der Waals surface area contributed by atoms with E-state index in [1.807, 2.05) is 0 Å². The Hall–Kier alpha value is -2.29. The summed E-state index contributed by atoms with van der Waals surface area (Å²) in [7, 11) is 1.44. The fourth-order valence-corrected chi connectivity index (χ4v) is 1.67. The van der Waals surface area contributed by atoms with Crippen LogP contribution >= 0.6 is 15.9 Å². The van der Waals surface area contributed by atoms with Crippen LogP contribution in [0.2, 0.25) is 0 Å². The molecule has 98 valence electrons. The van der Waals surface area contributed by atoms with Gasteiger partial charge in [-0.2, -0.15) is 0 Å². The van der Waals surface area contributed by atoms with Crippen molar-refractivity contribution in [2.75, 3.05) is 5.32 Å². The summed E-state index contributed by atoms with van der Waals surface area (Å²) in [6.45, 7) is 0. The third kappa shape index (κ3) is 2.76. The van der Waals surface area contributed by atoms with Crippen molar-refractivity contribution in [3.05, 3.63) is 44.9 Å². The Morgan fingerprint density at radius 2 is 2.16 bits per heavy atom. The molecule has 0 aliphatic carbocycles. The lowest BCUT2D eigenvalue weighted by Crippen LogP contribution is -2.17. The molecule has 8 nitrogen and oxygen atoms in total. The maximum Gasteiger partial charge on any atom is 0.323 e. The molecule has 9 heteroatoms. The molecular weight excluding hydrogens is 318 g/mol. The van der Waals surface area contributed by atoms with Gasteiger partial charge in [-0.25, -0.2) is 14.5 Å². The Bertz CT molecular complexity index is 637. The van der Waals surface area contributed by atoms with Gasteiger partial charge in [-0.3, -0.25) is 4.79 Å². The SMILES string of the molecule is Cn1c(C(=O)Nc2cnc(Br)cn2)ccc1[N+](=O)[O-]. The molecule has 0 aromatic carbocycles. The number of carbonyl (C=O) groups excluding carboxylic acids is 1. The molecule has 0 aliphatic rings. The summed E-state index contributed by atoms with van der Waals surface area (Å²) < 4.78 is 1.74. The number of carbonyl (C=O) groups is 1. The predicted octanol–water partition coefficient (Wildman–Crippen LogP) is 1.74. The highest BCUT2D eigenvalue weighted by atomic mass is 79.9. The maximum absolute atomic E-state index is 11.9. The number of nitro groups is 1. The zero-order valence-electron chi connectivity index (χ0n) is 9.70. The quantitative estimate of drug-likeness (QED) is 0.683. The van der Waals surface area contributed by atoms with Gasteiger partial charge in [-0.05, 0) is 26.9 Å². The Labute approximate surface area is 115 Å². The number of anilines is 1. The maximum atomic E-state index is 11.9. The Balaban J connectivity index is 2.21. The standard InChI is InChI=1S/C10H8BrN5O3/c1-15-6(2-3-9(15)16(18)19)10(17)14-8-5-12-7(11)4-13-8/h2-5H,1H3,(H,13,14,17). The molecule has 2 rings (SSSR count). The lowest BCUT2D eigenvalue weighted by atomic mass is 10.4. The number of hydrogen-bond donors (Lipinski definition) is 1. The normalized spacial score (nSPS) is 10.2. The van der Waals surface area contributed by atoms with Crippen molar-refractivity contribution in [1.82, 2.24) is 14.5 Å². The van der Waals surface area contributed by atoms with E-state index in [0.29, 0.717) is 4.60 Å². The van der Waals surface area contributed by atoms with Crippen LogP contribution in [-0.2, 0) is 7.05 Å². The average Bonchev–Trinajstić information content (AvgIpc) is 2.74. The van der Waals surface area contributed by atoms with Crippen LogP contribution in [0.3, 0.4) is 0 Å². The Kier molecular flexibility index (Phi) is 3.56. The van der Waals surface area contributed by atoms with Crippen LogP contribution in [0.4, 0.5) is 11.6 Å². The predicted molar refractivity (Wildman–Crippen MR) is 69.8 cm³/mol. The highest BCUT2D eigenvalue weighted by molar-refractivity contribution is 9.10. The molecule has 0 radical (unpaired) electrons. The minimum absolute atomic E-state index is 0.160. The second-order valence-corrected chi connectivity index (χ2v) is 4.38. The van der Waals surface area contributed by atoms with Gasteiger partial charge in [-0.15, -0.1) is 0 Å². The van der Waals surface area contributed by atoms with Crippen LogP contribution in [0.15, 0.2) is 29.1 Å². The second kappa shape index (κ2) is 5.14. The molecule has 2 aromatic rings. The fraction of sp³-hybridized carbons (Fsp3) is 0.100. The van der Waals surface area contributed by atoms with E-state index >= 15 is 0 Å². The van der Waals surface area contributed by atoms with Crippen molar-refractivity contribution in [1.29, 1.82) is 0 Å². The van der Waals surface area contributed by atoms with Crippen LogP contribution in [0.25, 0.3) is 0 Å². The number of nitrogens with zero attached hydrogens (tertiary/aromatic N) is 4. The van der Waals surface area contributed by atoms with Gasteiger partial charge in [0.1, 0.15) is 4.60 Å². The van der Waals surface area contributed by atoms with Crippen molar-refractivity contribution < 1.29 is 9.72 Å². The zero-order valence-corrected chi connectivity index (χ0v) is 11.3. The molecule has 0 unspecified atom stereocenters. The van der Waals surface area contributed by atoms with E-state index in [9.17, 15) is 14.9 Å². The lowest BCUT2D eigenvalue weighted by molar-refractivity contribution is -0.391. The molecule has 1 amide bonds. The minimum Gasteiger partial charge on any atom is -0.358 e. The first-order valence-electron chi connectivity index (χ1n) is 5.08. The van der Waals surface area contributed by atoms with Crippen LogP contribution in [-0.4, -0.2) is 25.4 Å². The zero-order chi connectivity index (χ0) is 14.0. The van der Waals surface area contributed by atoms with Crippen molar-refractivity contribution in [2.24, 2.45) is 7.05 Å². The number of amides is 1. The molecule has 0 bridgehead atoms. The molecular formula is C10H8BrN5O3. The smallest absolute Gasteiger partial charge is 0.323 e. The third-order valence-corrected chi connectivity index (χ3v) is 2.79. The largest absolute Gasteiger partial charge is 0.358 e. The number of rotatable bonds is 3. The van der Waals surface area contributed by atoms with Crippen LogP contribution in [0.5, 0.6) is 0 Å². The van der Waals surface area contributed by atoms with Crippen molar-refractivity contribution in [3.63, 3.8) is 0 Å². The Morgan fingerprint density at radius 1 is 1.42 bits per heavy atom. The fourth-order valence-electron chi connectivity index (χ4n) is 1.47. The summed E-state index contributed by atoms with van der Waals surface area (Å²) >= 11 is 3.12. The van der Waals surface area contributed by atoms with Gasteiger partial charge >= 0.3 is 5.82 Å². The molecule has 0 aliphatic heterocycles.